The molecule has 0 aromatic heterocycles. The maximum atomic E-state index is 10.2. The lowest BCUT2D eigenvalue weighted by Crippen LogP contribution is -2.35. The molecular formula is C20H20O9. The molecule has 4 rings (SSSR count). The van der Waals surface area contributed by atoms with Crippen molar-refractivity contribution in [3.05, 3.63) is 53.3 Å². The largest absolute Gasteiger partial charge is 0.508 e. The van der Waals surface area contributed by atoms with Crippen molar-refractivity contribution in [1.82, 2.24) is 0 Å². The zero-order chi connectivity index (χ0) is 20.7. The van der Waals surface area contributed by atoms with Crippen molar-refractivity contribution < 1.29 is 44.8 Å². The Morgan fingerprint density at radius 2 is 1.66 bits per heavy atom. The number of hydrogen-bond donors (Lipinski definition) is 6. The molecular weight excluding hydrogens is 384 g/mol. The second kappa shape index (κ2) is 7.45. The van der Waals surface area contributed by atoms with Crippen molar-refractivity contribution in [3.63, 3.8) is 0 Å². The highest BCUT2D eigenvalue weighted by Crippen LogP contribution is 2.44. The number of aliphatic hydroxyl groups excluding tert-OH is 3. The van der Waals surface area contributed by atoms with Crippen LogP contribution in [0.1, 0.15) is 17.2 Å². The Morgan fingerprint density at radius 3 is 2.31 bits per heavy atom. The Bertz CT molecular complexity index is 924. The summed E-state index contributed by atoms with van der Waals surface area (Å²) in [5.74, 6) is -0.0263. The maximum Gasteiger partial charge on any atom is 0.228 e. The van der Waals surface area contributed by atoms with Gasteiger partial charge < -0.3 is 44.8 Å². The number of phenols is 3. The third kappa shape index (κ3) is 3.56. The van der Waals surface area contributed by atoms with E-state index in [1.165, 1.54) is 24.3 Å². The summed E-state index contributed by atoms with van der Waals surface area (Å²) < 4.78 is 17.0. The van der Waals surface area contributed by atoms with Gasteiger partial charge in [0, 0.05) is 17.7 Å². The molecule has 5 atom stereocenters. The lowest BCUT2D eigenvalue weighted by molar-refractivity contribution is -0.154. The summed E-state index contributed by atoms with van der Waals surface area (Å²) in [7, 11) is 0. The molecule has 2 heterocycles. The van der Waals surface area contributed by atoms with Gasteiger partial charge in [-0.25, -0.2) is 0 Å². The minimum atomic E-state index is -1.41. The van der Waals surface area contributed by atoms with Gasteiger partial charge in [0.1, 0.15) is 47.1 Å². The second-order valence-electron chi connectivity index (χ2n) is 6.84. The topological polar surface area (TPSA) is 149 Å². The van der Waals surface area contributed by atoms with Crippen molar-refractivity contribution in [2.75, 3.05) is 6.61 Å². The number of aliphatic hydroxyl groups is 3. The van der Waals surface area contributed by atoms with Gasteiger partial charge in [-0.05, 0) is 18.2 Å². The van der Waals surface area contributed by atoms with Gasteiger partial charge in [0.25, 0.3) is 0 Å². The van der Waals surface area contributed by atoms with E-state index in [4.69, 9.17) is 14.2 Å². The quantitative estimate of drug-likeness (QED) is 0.434. The van der Waals surface area contributed by atoms with Crippen LogP contribution in [0.2, 0.25) is 0 Å². The Balaban J connectivity index is 1.71. The van der Waals surface area contributed by atoms with Gasteiger partial charge in [-0.3, -0.25) is 0 Å². The molecule has 9 nitrogen and oxygen atoms in total. The predicted molar refractivity (Wildman–Crippen MR) is 98.1 cm³/mol. The van der Waals surface area contributed by atoms with E-state index in [-0.39, 0.29) is 34.3 Å². The predicted octanol–water partition coefficient (Wildman–Crippen LogP) is 0.734. The molecule has 2 aliphatic rings. The fraction of sp³-hybridized carbons (Fsp3) is 0.300. The van der Waals surface area contributed by atoms with Gasteiger partial charge in [-0.1, -0.05) is 12.1 Å². The van der Waals surface area contributed by atoms with E-state index in [2.05, 4.69) is 0 Å². The normalized spacial score (nSPS) is 28.4. The van der Waals surface area contributed by atoms with Gasteiger partial charge in [0.15, 0.2) is 6.10 Å². The minimum absolute atomic E-state index is 0.0511. The van der Waals surface area contributed by atoms with E-state index < -0.39 is 37.3 Å². The molecule has 0 amide bonds. The summed E-state index contributed by atoms with van der Waals surface area (Å²) in [6.45, 7) is -0.502. The summed E-state index contributed by atoms with van der Waals surface area (Å²) in [6.07, 6.45) is -4.42. The molecule has 1 unspecified atom stereocenters. The van der Waals surface area contributed by atoms with Crippen molar-refractivity contribution >= 4 is 6.08 Å². The number of benzene rings is 2. The third-order valence-corrected chi connectivity index (χ3v) is 4.84. The van der Waals surface area contributed by atoms with Gasteiger partial charge >= 0.3 is 0 Å². The summed E-state index contributed by atoms with van der Waals surface area (Å²) in [4.78, 5) is 0. The van der Waals surface area contributed by atoms with E-state index in [9.17, 15) is 30.6 Å². The smallest absolute Gasteiger partial charge is 0.228 e. The van der Waals surface area contributed by atoms with Crippen LogP contribution in [0.5, 0.6) is 23.0 Å². The SMILES string of the molecule is OC[C@H]1O[C@H](OC2=Cc3c(O)cc(O)cc3OC2c2ccc(O)cc2)[C@@H](O)[C@@H]1O. The number of phenolic OH excluding ortho intramolecular Hbond substituents is 3. The first-order valence-electron chi connectivity index (χ1n) is 8.89. The average molecular weight is 404 g/mol. The zero-order valence-corrected chi connectivity index (χ0v) is 15.0. The van der Waals surface area contributed by atoms with Crippen molar-refractivity contribution in [2.24, 2.45) is 0 Å². The molecule has 1 fully saturated rings. The van der Waals surface area contributed by atoms with Crippen LogP contribution in [0, 0.1) is 0 Å². The molecule has 0 spiro atoms. The van der Waals surface area contributed by atoms with Gasteiger partial charge in [-0.15, -0.1) is 0 Å². The van der Waals surface area contributed by atoms with E-state index in [0.717, 1.165) is 6.07 Å². The van der Waals surface area contributed by atoms with Crippen LogP contribution in [0.4, 0.5) is 0 Å². The highest BCUT2D eigenvalue weighted by atomic mass is 16.7. The summed E-state index contributed by atoms with van der Waals surface area (Å²) in [5.41, 5.74) is 0.828. The highest BCUT2D eigenvalue weighted by molar-refractivity contribution is 5.69. The molecule has 1 saturated heterocycles. The Hall–Kier alpha value is -2.98. The average Bonchev–Trinajstić information content (AvgIpc) is 2.96. The first-order valence-corrected chi connectivity index (χ1v) is 8.89. The fourth-order valence-corrected chi connectivity index (χ4v) is 3.32. The second-order valence-corrected chi connectivity index (χ2v) is 6.84. The third-order valence-electron chi connectivity index (χ3n) is 4.84. The Labute approximate surface area is 165 Å². The highest BCUT2D eigenvalue weighted by Gasteiger charge is 2.45. The number of ether oxygens (including phenoxy) is 3. The maximum absolute atomic E-state index is 10.2. The molecule has 154 valence electrons. The van der Waals surface area contributed by atoms with Crippen LogP contribution in [-0.2, 0) is 9.47 Å². The van der Waals surface area contributed by atoms with Crippen molar-refractivity contribution in [1.29, 1.82) is 0 Å². The van der Waals surface area contributed by atoms with Crippen LogP contribution in [-0.4, -0.2) is 61.8 Å². The van der Waals surface area contributed by atoms with E-state index in [1.54, 1.807) is 12.1 Å². The molecule has 0 radical (unpaired) electrons. The van der Waals surface area contributed by atoms with Crippen molar-refractivity contribution in [3.8, 4) is 23.0 Å². The van der Waals surface area contributed by atoms with E-state index in [0.29, 0.717) is 5.56 Å². The van der Waals surface area contributed by atoms with Crippen LogP contribution in [0.15, 0.2) is 42.2 Å². The lowest BCUT2D eigenvalue weighted by Gasteiger charge is -2.30. The molecule has 0 aliphatic carbocycles. The molecule has 0 saturated carbocycles. The molecule has 9 heteroatoms. The lowest BCUT2D eigenvalue weighted by atomic mass is 10.0. The molecule has 0 bridgehead atoms. The summed E-state index contributed by atoms with van der Waals surface area (Å²) in [6, 6.07) is 8.59. The summed E-state index contributed by atoms with van der Waals surface area (Å²) in [5, 5.41) is 58.8. The van der Waals surface area contributed by atoms with Crippen LogP contribution in [0.3, 0.4) is 0 Å². The summed E-state index contributed by atoms with van der Waals surface area (Å²) >= 11 is 0. The van der Waals surface area contributed by atoms with Crippen LogP contribution in [0.25, 0.3) is 6.08 Å². The Kier molecular flexibility index (Phi) is 4.97. The standard InChI is InChI=1S/C20H20O9/c21-8-16-17(25)18(26)20(29-16)28-15-7-12-13(24)5-11(23)6-14(12)27-19(15)9-1-3-10(22)4-2-9/h1-7,16-26H,8H2/t16-,17-,18+,19?,20+/m1/s1. The van der Waals surface area contributed by atoms with Crippen molar-refractivity contribution in [2.45, 2.75) is 30.7 Å². The van der Waals surface area contributed by atoms with Crippen LogP contribution >= 0.6 is 0 Å². The molecule has 2 aromatic carbocycles. The van der Waals surface area contributed by atoms with Crippen LogP contribution < -0.4 is 4.74 Å². The van der Waals surface area contributed by atoms with E-state index in [1.807, 2.05) is 0 Å². The molecule has 2 aromatic rings. The number of fused-ring (bicyclic) bond motifs is 1. The number of hydrogen-bond acceptors (Lipinski definition) is 9. The number of aromatic hydroxyl groups is 3. The molecule has 29 heavy (non-hydrogen) atoms. The van der Waals surface area contributed by atoms with Gasteiger partial charge in [-0.2, -0.15) is 0 Å². The van der Waals surface area contributed by atoms with Gasteiger partial charge in [0.2, 0.25) is 6.29 Å². The molecule has 6 N–H and O–H groups in total. The minimum Gasteiger partial charge on any atom is -0.508 e. The zero-order valence-electron chi connectivity index (χ0n) is 15.0. The fourth-order valence-electron chi connectivity index (χ4n) is 3.32. The first-order chi connectivity index (χ1) is 13.9. The van der Waals surface area contributed by atoms with Gasteiger partial charge in [0.05, 0.1) is 12.2 Å². The monoisotopic (exact) mass is 404 g/mol. The van der Waals surface area contributed by atoms with E-state index >= 15 is 0 Å². The molecule has 2 aliphatic heterocycles. The first kappa shape index (κ1) is 19.3. The number of rotatable bonds is 4. The Morgan fingerprint density at radius 1 is 0.931 bits per heavy atom.